The van der Waals surface area contributed by atoms with E-state index >= 15 is 0 Å². The minimum atomic E-state index is -0.419. The number of aromatic nitrogens is 5. The zero-order valence-electron chi connectivity index (χ0n) is 17.9. The Morgan fingerprint density at radius 3 is 2.62 bits per heavy atom. The first-order valence-electron chi connectivity index (χ1n) is 10.9. The van der Waals surface area contributed by atoms with E-state index in [-0.39, 0.29) is 17.7 Å². The van der Waals surface area contributed by atoms with Gasteiger partial charge in [0.15, 0.2) is 0 Å². The fourth-order valence-corrected chi connectivity index (χ4v) is 5.94. The second kappa shape index (κ2) is 7.02. The summed E-state index contributed by atoms with van der Waals surface area (Å²) in [5.41, 5.74) is 5.65. The molecule has 0 radical (unpaired) electrons. The Hall–Kier alpha value is -3.48. The van der Waals surface area contributed by atoms with Crippen LogP contribution in [0.4, 0.5) is 4.39 Å². The molecule has 3 atom stereocenters. The van der Waals surface area contributed by atoms with Crippen LogP contribution in [0.15, 0.2) is 53.7 Å². The number of hydrogen-bond acceptors (Lipinski definition) is 6. The molecule has 1 aromatic carbocycles. The van der Waals surface area contributed by atoms with Crippen molar-refractivity contribution in [2.45, 2.75) is 44.4 Å². The van der Waals surface area contributed by atoms with Gasteiger partial charge in [0.1, 0.15) is 23.7 Å². The first-order valence-corrected chi connectivity index (χ1v) is 10.9. The van der Waals surface area contributed by atoms with E-state index in [0.29, 0.717) is 12.2 Å². The largest absolute Gasteiger partial charge is 0.361 e. The number of halogens is 1. The van der Waals surface area contributed by atoms with E-state index in [1.54, 1.807) is 24.5 Å². The van der Waals surface area contributed by atoms with Crippen molar-refractivity contribution in [2.24, 2.45) is 5.92 Å². The zero-order valence-corrected chi connectivity index (χ0v) is 17.9. The lowest BCUT2D eigenvalue weighted by Gasteiger charge is -2.50. The van der Waals surface area contributed by atoms with Crippen LogP contribution in [0.5, 0.6) is 0 Å². The molecule has 0 unspecified atom stereocenters. The van der Waals surface area contributed by atoms with E-state index in [4.69, 9.17) is 14.5 Å². The van der Waals surface area contributed by atoms with Crippen LogP contribution >= 0.6 is 0 Å². The van der Waals surface area contributed by atoms with E-state index in [1.165, 1.54) is 6.33 Å². The van der Waals surface area contributed by atoms with Crippen LogP contribution < -0.4 is 0 Å². The van der Waals surface area contributed by atoms with Crippen molar-refractivity contribution in [3.8, 4) is 11.3 Å². The molecule has 7 heteroatoms. The number of hydrogen-bond donors (Lipinski definition) is 0. The molecule has 0 saturated carbocycles. The average Bonchev–Trinajstić information content (AvgIpc) is 3.28. The lowest BCUT2D eigenvalue weighted by molar-refractivity contribution is 0.188. The Kier molecular flexibility index (Phi) is 4.22. The summed E-state index contributed by atoms with van der Waals surface area (Å²) in [6.07, 6.45) is 9.44. The minimum Gasteiger partial charge on any atom is -0.361 e. The summed E-state index contributed by atoms with van der Waals surface area (Å²) in [5, 5.41) is 4.11. The Balaban J connectivity index is 1.67. The highest BCUT2D eigenvalue weighted by molar-refractivity contribution is 5.65. The molecule has 160 valence electrons. The second-order valence-corrected chi connectivity index (χ2v) is 8.88. The molecule has 6 rings (SSSR count). The summed E-state index contributed by atoms with van der Waals surface area (Å²) in [6.45, 7) is 4.13. The summed E-state index contributed by atoms with van der Waals surface area (Å²) in [5.74, 6) is 1.83. The average molecular weight is 427 g/mol. The van der Waals surface area contributed by atoms with Gasteiger partial charge < -0.3 is 4.52 Å². The molecule has 0 amide bonds. The normalized spacial score (nSPS) is 23.8. The zero-order chi connectivity index (χ0) is 21.9. The van der Waals surface area contributed by atoms with Gasteiger partial charge >= 0.3 is 0 Å². The summed E-state index contributed by atoms with van der Waals surface area (Å²) >= 11 is 0. The molecule has 3 heterocycles. The lowest BCUT2D eigenvalue weighted by atomic mass is 9.53. The molecule has 0 fully saturated rings. The van der Waals surface area contributed by atoms with Gasteiger partial charge in [-0.1, -0.05) is 24.2 Å². The molecule has 0 spiro atoms. The Bertz CT molecular complexity index is 1300. The van der Waals surface area contributed by atoms with Crippen LogP contribution in [-0.2, 0) is 18.3 Å². The Morgan fingerprint density at radius 2 is 1.84 bits per heavy atom. The molecule has 6 nitrogen and oxygen atoms in total. The molecule has 0 aliphatic heterocycles. The summed E-state index contributed by atoms with van der Waals surface area (Å²) in [7, 11) is 0. The molecule has 0 N–H and O–H groups in total. The van der Waals surface area contributed by atoms with Gasteiger partial charge in [-0.15, -0.1) is 0 Å². The third-order valence-corrected chi connectivity index (χ3v) is 7.24. The number of rotatable bonds is 2. The fourth-order valence-electron chi connectivity index (χ4n) is 5.94. The molecular weight excluding hydrogens is 405 g/mol. The third kappa shape index (κ3) is 2.66. The van der Waals surface area contributed by atoms with E-state index in [0.717, 1.165) is 52.2 Å². The van der Waals surface area contributed by atoms with E-state index in [1.807, 2.05) is 25.3 Å². The number of benzene rings is 1. The maximum atomic E-state index is 13.9. The van der Waals surface area contributed by atoms with Gasteiger partial charge in [0.25, 0.3) is 0 Å². The molecule has 4 aromatic rings. The third-order valence-electron chi connectivity index (χ3n) is 7.24. The molecule has 0 saturated heterocycles. The highest BCUT2D eigenvalue weighted by Crippen LogP contribution is 2.57. The predicted molar refractivity (Wildman–Crippen MR) is 115 cm³/mol. The molecule has 0 bridgehead atoms. The summed E-state index contributed by atoms with van der Waals surface area (Å²) in [6, 6.07) is 6.91. The van der Waals surface area contributed by atoms with Crippen LogP contribution in [0.3, 0.4) is 0 Å². The SMILES string of the molecule is Cc1nc(-c2cncnc2)c2c(n1)[C@@]1(c3ccc(F)cc3)Cc3cnoc3[C@@H](C)[C@@H]1CC2. The smallest absolute Gasteiger partial charge is 0.143 e. The van der Waals surface area contributed by atoms with Crippen molar-refractivity contribution in [1.82, 2.24) is 25.1 Å². The van der Waals surface area contributed by atoms with E-state index < -0.39 is 5.41 Å². The van der Waals surface area contributed by atoms with Crippen molar-refractivity contribution in [2.75, 3.05) is 0 Å². The van der Waals surface area contributed by atoms with E-state index in [9.17, 15) is 4.39 Å². The van der Waals surface area contributed by atoms with Crippen LogP contribution in [0.1, 0.15) is 53.2 Å². The maximum absolute atomic E-state index is 13.9. The van der Waals surface area contributed by atoms with Gasteiger partial charge in [0, 0.05) is 40.4 Å². The Labute approximate surface area is 185 Å². The van der Waals surface area contributed by atoms with Gasteiger partial charge in [-0.2, -0.15) is 0 Å². The van der Waals surface area contributed by atoms with Crippen molar-refractivity contribution in [1.29, 1.82) is 0 Å². The maximum Gasteiger partial charge on any atom is 0.143 e. The van der Waals surface area contributed by atoms with Gasteiger partial charge in [-0.3, -0.25) is 0 Å². The standard InChI is InChI=1S/C25H22FN5O/c1-14-21-8-7-20-22(17-10-27-13-28-11-17)30-15(2)31-24(20)25(21,9-16-12-29-32-23(14)16)18-3-5-19(26)6-4-18/h3-6,10-14,21H,7-9H2,1-2H3/t14-,21-,25+/m0/s1. The molecule has 32 heavy (non-hydrogen) atoms. The van der Waals surface area contributed by atoms with Crippen molar-refractivity contribution < 1.29 is 8.91 Å². The van der Waals surface area contributed by atoms with Crippen LogP contribution in [-0.4, -0.2) is 25.1 Å². The molecule has 2 aliphatic carbocycles. The highest BCUT2D eigenvalue weighted by Gasteiger charge is 2.54. The molecular formula is C25H22FN5O. The Morgan fingerprint density at radius 1 is 1.06 bits per heavy atom. The lowest BCUT2D eigenvalue weighted by Crippen LogP contribution is -2.48. The van der Waals surface area contributed by atoms with Gasteiger partial charge in [-0.25, -0.2) is 24.3 Å². The first-order chi connectivity index (χ1) is 15.6. The topological polar surface area (TPSA) is 77.6 Å². The van der Waals surface area contributed by atoms with Crippen LogP contribution in [0, 0.1) is 18.7 Å². The quantitative estimate of drug-likeness (QED) is 0.466. The predicted octanol–water partition coefficient (Wildman–Crippen LogP) is 4.58. The van der Waals surface area contributed by atoms with Gasteiger partial charge in [-0.05, 0) is 49.8 Å². The van der Waals surface area contributed by atoms with Crippen LogP contribution in [0.2, 0.25) is 0 Å². The van der Waals surface area contributed by atoms with Crippen molar-refractivity contribution in [3.63, 3.8) is 0 Å². The second-order valence-electron chi connectivity index (χ2n) is 8.88. The van der Waals surface area contributed by atoms with Gasteiger partial charge in [0.05, 0.1) is 17.6 Å². The molecule has 2 aliphatic rings. The summed E-state index contributed by atoms with van der Waals surface area (Å²) in [4.78, 5) is 18.3. The number of fused-ring (bicyclic) bond motifs is 4. The fraction of sp³-hybridized carbons (Fsp3) is 0.320. The van der Waals surface area contributed by atoms with E-state index in [2.05, 4.69) is 22.0 Å². The first kappa shape index (κ1) is 19.2. The number of nitrogens with zero attached hydrogens (tertiary/aromatic N) is 5. The van der Waals surface area contributed by atoms with Crippen molar-refractivity contribution in [3.05, 3.63) is 89.0 Å². The summed E-state index contributed by atoms with van der Waals surface area (Å²) < 4.78 is 19.6. The van der Waals surface area contributed by atoms with Gasteiger partial charge in [0.2, 0.25) is 0 Å². The van der Waals surface area contributed by atoms with Crippen LogP contribution in [0.25, 0.3) is 11.3 Å². The molecule has 3 aromatic heterocycles. The number of aryl methyl sites for hydroxylation is 1. The highest BCUT2D eigenvalue weighted by atomic mass is 19.1. The minimum absolute atomic E-state index is 0.165. The monoisotopic (exact) mass is 427 g/mol. The van der Waals surface area contributed by atoms with Crippen molar-refractivity contribution >= 4 is 0 Å².